The molecule has 0 aliphatic carbocycles. The highest BCUT2D eigenvalue weighted by atomic mass is 16.4. The first-order valence-corrected chi connectivity index (χ1v) is 13.6. The molecule has 0 amide bonds. The van der Waals surface area contributed by atoms with Crippen LogP contribution in [0.15, 0.2) is 0 Å². The summed E-state index contributed by atoms with van der Waals surface area (Å²) in [6.45, 7) is 5.21. The zero-order valence-electron chi connectivity index (χ0n) is 24.0. The first kappa shape index (κ1) is 35.9. The Morgan fingerprint density at radius 1 is 0.561 bits per heavy atom. The number of hydrogen-bond acceptors (Lipinski definition) is 10. The van der Waals surface area contributed by atoms with Gasteiger partial charge in [0.1, 0.15) is 17.9 Å². The minimum atomic E-state index is -1.24. The summed E-state index contributed by atoms with van der Waals surface area (Å²) in [5, 5.41) is 47.8. The lowest BCUT2D eigenvalue weighted by atomic mass is 9.87. The fourth-order valence-corrected chi connectivity index (χ4v) is 4.68. The van der Waals surface area contributed by atoms with Crippen LogP contribution in [-0.4, -0.2) is 158 Å². The number of ketones is 1. The van der Waals surface area contributed by atoms with Crippen LogP contribution in [0, 0.1) is 5.41 Å². The van der Waals surface area contributed by atoms with Gasteiger partial charge in [-0.25, -0.2) is 0 Å². The van der Waals surface area contributed by atoms with Gasteiger partial charge in [0.25, 0.3) is 0 Å². The van der Waals surface area contributed by atoms with Crippen molar-refractivity contribution in [1.29, 1.82) is 0 Å². The van der Waals surface area contributed by atoms with E-state index in [4.69, 9.17) is 5.11 Å². The van der Waals surface area contributed by atoms with E-state index in [0.29, 0.717) is 0 Å². The van der Waals surface area contributed by atoms with Gasteiger partial charge in [-0.15, -0.1) is 0 Å². The van der Waals surface area contributed by atoms with Crippen molar-refractivity contribution in [2.75, 3.05) is 65.4 Å². The summed E-state index contributed by atoms with van der Waals surface area (Å²) in [5.74, 6) is -5.92. The highest BCUT2D eigenvalue weighted by Crippen LogP contribution is 2.20. The predicted octanol–water partition coefficient (Wildman–Crippen LogP) is -0.456. The minimum Gasteiger partial charge on any atom is -0.481 e. The van der Waals surface area contributed by atoms with Crippen LogP contribution in [0.1, 0.15) is 46.5 Å². The summed E-state index contributed by atoms with van der Waals surface area (Å²) in [6, 6.07) is -2.24. The lowest BCUT2D eigenvalue weighted by Gasteiger charge is -2.37. The van der Waals surface area contributed by atoms with Gasteiger partial charge in [-0.1, -0.05) is 20.8 Å². The molecule has 0 radical (unpaired) electrons. The molecule has 5 N–H and O–H groups in total. The van der Waals surface area contributed by atoms with Gasteiger partial charge in [-0.05, 0) is 12.8 Å². The van der Waals surface area contributed by atoms with Gasteiger partial charge < -0.3 is 25.5 Å². The fraction of sp³-hybridized carbons (Fsp3) is 0.769. The smallest absolute Gasteiger partial charge is 0.320 e. The maximum Gasteiger partial charge on any atom is 0.320 e. The average molecular weight is 589 g/mol. The van der Waals surface area contributed by atoms with Crippen molar-refractivity contribution in [2.45, 2.75) is 58.5 Å². The molecule has 1 aliphatic rings. The first-order valence-electron chi connectivity index (χ1n) is 13.6. The van der Waals surface area contributed by atoms with Crippen LogP contribution in [0.5, 0.6) is 0 Å². The van der Waals surface area contributed by atoms with E-state index in [0.717, 1.165) is 0 Å². The third kappa shape index (κ3) is 13.9. The average Bonchev–Trinajstić information content (AvgIpc) is 2.82. The molecule has 0 bridgehead atoms. The predicted molar refractivity (Wildman–Crippen MR) is 145 cm³/mol. The molecule has 15 nitrogen and oxygen atoms in total. The summed E-state index contributed by atoms with van der Waals surface area (Å²) < 4.78 is 0. The number of rotatable bonds is 14. The number of carboxylic acid groups (broad SMARTS) is 5. The van der Waals surface area contributed by atoms with E-state index in [2.05, 4.69) is 0 Å². The molecule has 1 rings (SSSR count). The standard InChI is InChI=1S/C26H44N4O11/c1-26(2,3)20(31)6-4-18(24(38)39)29-12-8-27(16-22(34)35)10-14-30(19(25(40)41)5-7-21(32)33)15-11-28(9-13-29)17-23(36)37/h18-19H,4-17H2,1-3H3,(H,32,33)(H,34,35)(H,36,37)(H,38,39)(H,40,41). The Morgan fingerprint density at radius 3 is 1.17 bits per heavy atom. The third-order valence-corrected chi connectivity index (χ3v) is 7.10. The molecule has 0 aromatic rings. The maximum absolute atomic E-state index is 12.5. The molecule has 0 spiro atoms. The van der Waals surface area contributed by atoms with Gasteiger partial charge in [0.2, 0.25) is 0 Å². The molecular weight excluding hydrogens is 544 g/mol. The maximum atomic E-state index is 12.5. The number of aliphatic carboxylic acids is 5. The largest absolute Gasteiger partial charge is 0.481 e. The van der Waals surface area contributed by atoms with Gasteiger partial charge in [-0.3, -0.25) is 48.4 Å². The van der Waals surface area contributed by atoms with Crippen LogP contribution >= 0.6 is 0 Å². The SMILES string of the molecule is CC(C)(C)C(=O)CCC(C(=O)O)N1CCN(CC(=O)O)CCN(C(CCC(=O)O)C(=O)O)CCN(CC(=O)O)CC1. The number of Topliss-reactive ketones (excluding diaryl/α,β-unsaturated/α-hetero) is 1. The van der Waals surface area contributed by atoms with Crippen LogP contribution in [-0.2, 0) is 28.8 Å². The molecule has 0 aromatic heterocycles. The topological polar surface area (TPSA) is 217 Å². The van der Waals surface area contributed by atoms with E-state index < -0.39 is 53.8 Å². The van der Waals surface area contributed by atoms with Crippen LogP contribution in [0.25, 0.3) is 0 Å². The summed E-state index contributed by atoms with van der Waals surface area (Å²) in [7, 11) is 0. The van der Waals surface area contributed by atoms with E-state index in [1.165, 1.54) is 4.90 Å². The molecule has 1 heterocycles. The molecule has 2 atom stereocenters. The Hall–Kier alpha value is -3.14. The normalized spacial score (nSPS) is 18.9. The summed E-state index contributed by atoms with van der Waals surface area (Å²) in [5.41, 5.74) is -0.647. The summed E-state index contributed by atoms with van der Waals surface area (Å²) in [6.07, 6.45) is -0.532. The second-order valence-corrected chi connectivity index (χ2v) is 11.3. The van der Waals surface area contributed by atoms with Crippen molar-refractivity contribution < 1.29 is 54.3 Å². The Labute approximate surface area is 239 Å². The monoisotopic (exact) mass is 588 g/mol. The highest BCUT2D eigenvalue weighted by Gasteiger charge is 2.32. The van der Waals surface area contributed by atoms with Crippen molar-refractivity contribution in [2.24, 2.45) is 5.41 Å². The third-order valence-electron chi connectivity index (χ3n) is 7.10. The number of carboxylic acids is 5. The fourth-order valence-electron chi connectivity index (χ4n) is 4.68. The van der Waals surface area contributed by atoms with Crippen molar-refractivity contribution >= 4 is 35.6 Å². The Morgan fingerprint density at radius 2 is 0.902 bits per heavy atom. The van der Waals surface area contributed by atoms with Gasteiger partial charge in [-0.2, -0.15) is 0 Å². The molecule has 41 heavy (non-hydrogen) atoms. The molecule has 0 saturated carbocycles. The summed E-state index contributed by atoms with van der Waals surface area (Å²) >= 11 is 0. The first-order chi connectivity index (χ1) is 19.0. The Kier molecular flexibility index (Phi) is 14.8. The zero-order valence-corrected chi connectivity index (χ0v) is 24.0. The molecule has 234 valence electrons. The van der Waals surface area contributed by atoms with E-state index in [9.17, 15) is 49.2 Å². The lowest BCUT2D eigenvalue weighted by Crippen LogP contribution is -2.53. The Balaban J connectivity index is 3.29. The van der Waals surface area contributed by atoms with E-state index in [1.807, 2.05) is 0 Å². The molecule has 0 aromatic carbocycles. The molecular formula is C26H44N4O11. The second kappa shape index (κ2) is 17.0. The van der Waals surface area contributed by atoms with E-state index in [-0.39, 0.29) is 90.5 Å². The minimum absolute atomic E-state index is 0.0243. The molecule has 1 fully saturated rings. The molecule has 1 saturated heterocycles. The van der Waals surface area contributed by atoms with Crippen LogP contribution in [0.3, 0.4) is 0 Å². The lowest BCUT2D eigenvalue weighted by molar-refractivity contribution is -0.146. The van der Waals surface area contributed by atoms with E-state index >= 15 is 0 Å². The van der Waals surface area contributed by atoms with Gasteiger partial charge in [0, 0.05) is 70.6 Å². The van der Waals surface area contributed by atoms with Crippen LogP contribution in [0.2, 0.25) is 0 Å². The van der Waals surface area contributed by atoms with Crippen molar-refractivity contribution in [1.82, 2.24) is 19.6 Å². The number of hydrogen-bond donors (Lipinski definition) is 5. The zero-order chi connectivity index (χ0) is 31.3. The quantitative estimate of drug-likeness (QED) is 0.173. The van der Waals surface area contributed by atoms with E-state index in [1.54, 1.807) is 35.5 Å². The summed E-state index contributed by atoms with van der Waals surface area (Å²) in [4.78, 5) is 77.3. The van der Waals surface area contributed by atoms with Gasteiger partial charge in [0.05, 0.1) is 13.1 Å². The highest BCUT2D eigenvalue weighted by molar-refractivity contribution is 5.84. The number of carbonyl (C=O) groups excluding carboxylic acids is 1. The van der Waals surface area contributed by atoms with Crippen molar-refractivity contribution in [3.05, 3.63) is 0 Å². The number of carbonyl (C=O) groups is 6. The van der Waals surface area contributed by atoms with Crippen molar-refractivity contribution in [3.63, 3.8) is 0 Å². The Bertz CT molecular complexity index is 905. The van der Waals surface area contributed by atoms with Crippen LogP contribution < -0.4 is 0 Å². The molecule has 1 aliphatic heterocycles. The number of nitrogens with zero attached hydrogens (tertiary/aromatic N) is 4. The van der Waals surface area contributed by atoms with Crippen molar-refractivity contribution in [3.8, 4) is 0 Å². The van der Waals surface area contributed by atoms with Gasteiger partial charge in [0.15, 0.2) is 0 Å². The molecule has 15 heteroatoms. The molecule has 2 unspecified atom stereocenters. The van der Waals surface area contributed by atoms with Gasteiger partial charge >= 0.3 is 29.8 Å². The second-order valence-electron chi connectivity index (χ2n) is 11.3. The van der Waals surface area contributed by atoms with Crippen LogP contribution in [0.4, 0.5) is 0 Å².